The van der Waals surface area contributed by atoms with Crippen molar-refractivity contribution in [3.63, 3.8) is 0 Å². The van der Waals surface area contributed by atoms with E-state index >= 15 is 0 Å². The summed E-state index contributed by atoms with van der Waals surface area (Å²) in [6, 6.07) is 9.78. The highest BCUT2D eigenvalue weighted by molar-refractivity contribution is 5.91. The van der Waals surface area contributed by atoms with Crippen LogP contribution in [0.5, 0.6) is 0 Å². The fourth-order valence-electron chi connectivity index (χ4n) is 3.92. The van der Waals surface area contributed by atoms with E-state index in [9.17, 15) is 14.7 Å². The van der Waals surface area contributed by atoms with Gasteiger partial charge >= 0.3 is 5.97 Å². The molecule has 4 atom stereocenters. The van der Waals surface area contributed by atoms with E-state index in [0.29, 0.717) is 5.92 Å². The zero-order valence-corrected chi connectivity index (χ0v) is 14.2. The highest BCUT2D eigenvalue weighted by Gasteiger charge is 2.66. The monoisotopic (exact) mass is 331 g/mol. The lowest BCUT2D eigenvalue weighted by atomic mass is 9.94. The lowest BCUT2D eigenvalue weighted by molar-refractivity contribution is -0.140. The van der Waals surface area contributed by atoms with E-state index < -0.39 is 23.2 Å². The number of nitrogens with one attached hydrogen (secondary N) is 1. The number of ether oxygens (including phenoxy) is 1. The Balaban J connectivity index is 1.72. The second kappa shape index (κ2) is 6.55. The number of aliphatic carboxylic acids is 1. The van der Waals surface area contributed by atoms with Crippen molar-refractivity contribution in [2.45, 2.75) is 32.7 Å². The number of carbonyl (C=O) groups is 2. The van der Waals surface area contributed by atoms with Gasteiger partial charge in [0.05, 0.1) is 17.9 Å². The van der Waals surface area contributed by atoms with E-state index in [4.69, 9.17) is 4.74 Å². The molecule has 0 aromatic heterocycles. The van der Waals surface area contributed by atoms with Crippen molar-refractivity contribution in [2.24, 2.45) is 23.2 Å². The summed E-state index contributed by atoms with van der Waals surface area (Å²) in [6.07, 6.45) is 1.83. The van der Waals surface area contributed by atoms with Gasteiger partial charge in [-0.25, -0.2) is 0 Å². The van der Waals surface area contributed by atoms with Crippen LogP contribution in [0.2, 0.25) is 0 Å². The van der Waals surface area contributed by atoms with E-state index in [-0.39, 0.29) is 11.9 Å². The molecule has 2 unspecified atom stereocenters. The summed E-state index contributed by atoms with van der Waals surface area (Å²) in [5.41, 5.74) is 0.580. The number of hydrogen-bond donors (Lipinski definition) is 2. The number of carboxylic acid groups (broad SMARTS) is 1. The number of carboxylic acids is 1. The molecule has 1 aliphatic carbocycles. The Morgan fingerprint density at radius 1 is 1.29 bits per heavy atom. The molecule has 0 spiro atoms. The third kappa shape index (κ3) is 3.31. The zero-order chi connectivity index (χ0) is 17.3. The summed E-state index contributed by atoms with van der Waals surface area (Å²) >= 11 is 0. The summed E-state index contributed by atoms with van der Waals surface area (Å²) < 4.78 is 5.45. The lowest BCUT2D eigenvalue weighted by Crippen LogP contribution is -2.32. The lowest BCUT2D eigenvalue weighted by Gasteiger charge is -2.22. The van der Waals surface area contributed by atoms with Crippen LogP contribution >= 0.6 is 0 Å². The minimum atomic E-state index is -0.888. The molecular formula is C19H25NO4. The number of benzene rings is 1. The van der Waals surface area contributed by atoms with Crippen molar-refractivity contribution in [3.05, 3.63) is 35.9 Å². The maximum absolute atomic E-state index is 12.7. The van der Waals surface area contributed by atoms with Gasteiger partial charge in [-0.05, 0) is 29.7 Å². The number of amides is 1. The van der Waals surface area contributed by atoms with Crippen molar-refractivity contribution in [1.29, 1.82) is 0 Å². The highest BCUT2D eigenvalue weighted by Crippen LogP contribution is 2.58. The molecule has 2 N–H and O–H groups in total. The Morgan fingerprint density at radius 2 is 2.00 bits per heavy atom. The molecule has 3 rings (SSSR count). The van der Waals surface area contributed by atoms with E-state index in [1.54, 1.807) is 0 Å². The summed E-state index contributed by atoms with van der Waals surface area (Å²) in [6.45, 7) is 5.19. The van der Waals surface area contributed by atoms with Crippen LogP contribution in [0.4, 0.5) is 0 Å². The first-order valence-electron chi connectivity index (χ1n) is 8.57. The third-order valence-corrected chi connectivity index (χ3v) is 5.49. The van der Waals surface area contributed by atoms with Crippen molar-refractivity contribution in [1.82, 2.24) is 5.32 Å². The van der Waals surface area contributed by atoms with Crippen LogP contribution < -0.4 is 5.32 Å². The van der Waals surface area contributed by atoms with Gasteiger partial charge in [-0.1, -0.05) is 44.2 Å². The second-order valence-electron chi connectivity index (χ2n) is 7.55. The average Bonchev–Trinajstić information content (AvgIpc) is 2.88. The second-order valence-corrected chi connectivity index (χ2v) is 7.55. The Bertz CT molecular complexity index is 607. The van der Waals surface area contributed by atoms with E-state index in [1.165, 1.54) is 0 Å². The Morgan fingerprint density at radius 3 is 2.54 bits per heavy atom. The van der Waals surface area contributed by atoms with Crippen LogP contribution in [-0.4, -0.2) is 30.2 Å². The fraction of sp³-hybridized carbons (Fsp3) is 0.579. The maximum atomic E-state index is 12.7. The van der Waals surface area contributed by atoms with Gasteiger partial charge in [-0.15, -0.1) is 0 Å². The molecule has 1 saturated heterocycles. The molecular weight excluding hydrogens is 306 g/mol. The van der Waals surface area contributed by atoms with Crippen LogP contribution in [0.3, 0.4) is 0 Å². The van der Waals surface area contributed by atoms with Crippen molar-refractivity contribution >= 4 is 11.9 Å². The Labute approximate surface area is 142 Å². The topological polar surface area (TPSA) is 75.6 Å². The zero-order valence-electron chi connectivity index (χ0n) is 14.2. The molecule has 24 heavy (non-hydrogen) atoms. The number of hydrogen-bond acceptors (Lipinski definition) is 3. The fourth-order valence-corrected chi connectivity index (χ4v) is 3.92. The first-order valence-corrected chi connectivity index (χ1v) is 8.57. The summed E-state index contributed by atoms with van der Waals surface area (Å²) in [5.74, 6) is -1.66. The molecule has 0 bridgehead atoms. The predicted octanol–water partition coefficient (Wildman–Crippen LogP) is 2.63. The van der Waals surface area contributed by atoms with E-state index in [1.807, 2.05) is 44.2 Å². The smallest absolute Gasteiger partial charge is 0.307 e. The Kier molecular flexibility index (Phi) is 4.63. The molecule has 1 amide bonds. The standard InChI is InChI=1S/C19H25NO4/c1-19(2)15(16(19)18(22)23)17(21)20-14(10-12-8-9-24-11-12)13-6-4-3-5-7-13/h3-7,12,14-16H,8-11H2,1-2H3,(H,20,21)(H,22,23)/t12?,14?,15-,16+/m1/s1. The summed E-state index contributed by atoms with van der Waals surface area (Å²) in [5, 5.41) is 12.4. The van der Waals surface area contributed by atoms with Gasteiger partial charge in [-0.3, -0.25) is 9.59 Å². The van der Waals surface area contributed by atoms with Gasteiger partial charge in [0, 0.05) is 13.2 Å². The van der Waals surface area contributed by atoms with Crippen molar-refractivity contribution in [3.8, 4) is 0 Å². The van der Waals surface area contributed by atoms with Gasteiger partial charge in [0.25, 0.3) is 0 Å². The molecule has 0 radical (unpaired) electrons. The summed E-state index contributed by atoms with van der Waals surface area (Å²) in [7, 11) is 0. The minimum absolute atomic E-state index is 0.101. The predicted molar refractivity (Wildman–Crippen MR) is 89.3 cm³/mol. The molecule has 1 aromatic rings. The number of rotatable bonds is 6. The van der Waals surface area contributed by atoms with Gasteiger partial charge < -0.3 is 15.2 Å². The van der Waals surface area contributed by atoms with Crippen LogP contribution in [0, 0.1) is 23.2 Å². The van der Waals surface area contributed by atoms with Gasteiger partial charge in [0.1, 0.15) is 0 Å². The Hall–Kier alpha value is -1.88. The molecule has 2 aliphatic rings. The van der Waals surface area contributed by atoms with Gasteiger partial charge in [-0.2, -0.15) is 0 Å². The molecule has 130 valence electrons. The molecule has 2 fully saturated rings. The van der Waals surface area contributed by atoms with E-state index in [2.05, 4.69) is 5.32 Å². The third-order valence-electron chi connectivity index (χ3n) is 5.49. The number of carbonyl (C=O) groups excluding carboxylic acids is 1. The first kappa shape index (κ1) is 17.0. The van der Waals surface area contributed by atoms with Crippen molar-refractivity contribution in [2.75, 3.05) is 13.2 Å². The van der Waals surface area contributed by atoms with Crippen LogP contribution in [0.1, 0.15) is 38.3 Å². The normalized spacial score (nSPS) is 29.0. The summed E-state index contributed by atoms with van der Waals surface area (Å²) in [4.78, 5) is 24.0. The minimum Gasteiger partial charge on any atom is -0.481 e. The molecule has 1 saturated carbocycles. The molecule has 5 heteroatoms. The van der Waals surface area contributed by atoms with Crippen LogP contribution in [0.25, 0.3) is 0 Å². The first-order chi connectivity index (χ1) is 11.4. The quantitative estimate of drug-likeness (QED) is 0.840. The van der Waals surface area contributed by atoms with Crippen LogP contribution in [-0.2, 0) is 14.3 Å². The highest BCUT2D eigenvalue weighted by atomic mass is 16.5. The average molecular weight is 331 g/mol. The van der Waals surface area contributed by atoms with Crippen molar-refractivity contribution < 1.29 is 19.4 Å². The maximum Gasteiger partial charge on any atom is 0.307 e. The largest absolute Gasteiger partial charge is 0.481 e. The van der Waals surface area contributed by atoms with Gasteiger partial charge in [0.2, 0.25) is 5.91 Å². The SMILES string of the molecule is CC1(C)[C@H](C(=O)O)[C@@H]1C(=O)NC(CC1CCOC1)c1ccccc1. The molecule has 5 nitrogen and oxygen atoms in total. The van der Waals surface area contributed by atoms with Crippen LogP contribution in [0.15, 0.2) is 30.3 Å². The molecule has 1 aromatic carbocycles. The molecule has 1 heterocycles. The van der Waals surface area contributed by atoms with E-state index in [0.717, 1.165) is 31.6 Å². The van der Waals surface area contributed by atoms with Gasteiger partial charge in [0.15, 0.2) is 0 Å². The molecule has 1 aliphatic heterocycles.